The van der Waals surface area contributed by atoms with Crippen LogP contribution >= 0.6 is 23.1 Å². The van der Waals surface area contributed by atoms with Gasteiger partial charge in [-0.1, -0.05) is 182 Å². The van der Waals surface area contributed by atoms with Crippen molar-refractivity contribution < 1.29 is 4.74 Å². The first-order valence-electron chi connectivity index (χ1n) is 22.7. The van der Waals surface area contributed by atoms with Crippen LogP contribution in [0.25, 0.3) is 42.4 Å². The third kappa shape index (κ3) is 4.57. The Bertz CT molecular complexity index is 3590. The Balaban J connectivity index is 1.07. The highest BCUT2D eigenvalue weighted by Crippen LogP contribution is 2.67. The summed E-state index contributed by atoms with van der Waals surface area (Å²) in [6.07, 6.45) is 0. The maximum absolute atomic E-state index is 6.75. The van der Waals surface area contributed by atoms with Crippen molar-refractivity contribution in [1.82, 2.24) is 0 Å². The van der Waals surface area contributed by atoms with Crippen LogP contribution in [-0.4, -0.2) is 0 Å². The van der Waals surface area contributed by atoms with E-state index in [1.165, 1.54) is 85.6 Å². The number of ether oxygens (including phenoxy) is 1. The van der Waals surface area contributed by atoms with Gasteiger partial charge in [0, 0.05) is 57.9 Å². The lowest BCUT2D eigenvalue weighted by molar-refractivity contribution is 0.436. The van der Waals surface area contributed by atoms with Crippen molar-refractivity contribution in [2.45, 2.75) is 20.6 Å². The third-order valence-electron chi connectivity index (χ3n) is 14.8. The van der Waals surface area contributed by atoms with Crippen LogP contribution in [0.1, 0.15) is 44.5 Å². The highest BCUT2D eigenvalue weighted by molar-refractivity contribution is 7.99. The minimum absolute atomic E-state index is 0.508. The monoisotopic (exact) mass is 875 g/mol. The van der Waals surface area contributed by atoms with E-state index in [2.05, 4.69) is 229 Å². The number of hydrogen-bond donors (Lipinski definition) is 0. The number of nitrogens with zero attached hydrogens (tertiary/aromatic N) is 1. The van der Waals surface area contributed by atoms with Crippen LogP contribution in [-0.2, 0) is 10.8 Å². The number of fused-ring (bicyclic) bond motifs is 21. The quantitative estimate of drug-likeness (QED) is 0.175. The zero-order valence-electron chi connectivity index (χ0n) is 35.5. The van der Waals surface area contributed by atoms with Crippen LogP contribution in [0.2, 0.25) is 0 Å². The molecule has 0 fully saturated rings. The summed E-state index contributed by atoms with van der Waals surface area (Å²) < 4.78 is 9.32. The molecule has 4 heteroatoms. The van der Waals surface area contributed by atoms with Crippen LogP contribution in [0.15, 0.2) is 234 Å². The first-order valence-corrected chi connectivity index (χ1v) is 24.3. The Labute approximate surface area is 391 Å². The third-order valence-corrected chi connectivity index (χ3v) is 17.1. The minimum Gasteiger partial charge on any atom is -0.457 e. The van der Waals surface area contributed by atoms with E-state index in [9.17, 15) is 0 Å². The molecule has 2 aliphatic heterocycles. The Morgan fingerprint density at radius 2 is 0.803 bits per heavy atom. The molecule has 0 amide bonds. The maximum atomic E-state index is 6.75. The molecular weight excluding hydrogens is 839 g/mol. The number of thiophene rings is 1. The fourth-order valence-electron chi connectivity index (χ4n) is 12.4. The highest BCUT2D eigenvalue weighted by Gasteiger charge is 2.53. The van der Waals surface area contributed by atoms with Gasteiger partial charge in [0.05, 0.1) is 22.2 Å². The smallest absolute Gasteiger partial charge is 0.132 e. The van der Waals surface area contributed by atoms with E-state index in [0.29, 0.717) is 0 Å². The van der Waals surface area contributed by atoms with Crippen LogP contribution in [0.3, 0.4) is 0 Å². The van der Waals surface area contributed by atoms with Crippen molar-refractivity contribution in [2.24, 2.45) is 0 Å². The van der Waals surface area contributed by atoms with E-state index in [1.807, 2.05) is 23.1 Å². The standard InChI is InChI=1S/C62H37NOS2/c1-4-20-43-41(18-1)59-49(61(43)45-22-6-10-30-53(45)64-54-31-11-7-23-46(54)61)26-15-28-51(59)63(38-35-36-40-39-17-3-12-32-55(39)65-58(40)37-38)52-29-16-27-50-60(52)42-19-2-5-21-44(42)62(50)47-24-8-13-33-56(47)66-57-34-14-9-25-48(57)62/h1-37H. The molecule has 2 nitrogen and oxygen atoms in total. The van der Waals surface area contributed by atoms with Gasteiger partial charge in [0.25, 0.3) is 0 Å². The van der Waals surface area contributed by atoms with Gasteiger partial charge in [0.15, 0.2) is 0 Å². The topological polar surface area (TPSA) is 12.5 Å². The lowest BCUT2D eigenvalue weighted by Crippen LogP contribution is -2.32. The molecule has 0 bridgehead atoms. The first kappa shape index (κ1) is 36.7. The highest BCUT2D eigenvalue weighted by atomic mass is 32.2. The van der Waals surface area contributed by atoms with Gasteiger partial charge in [-0.05, 0) is 99.1 Å². The summed E-state index contributed by atoms with van der Waals surface area (Å²) in [5.41, 5.74) is 17.5. The summed E-state index contributed by atoms with van der Waals surface area (Å²) in [5.74, 6) is 1.79. The minimum atomic E-state index is -0.600. The summed E-state index contributed by atoms with van der Waals surface area (Å²) in [6, 6.07) is 83.9. The van der Waals surface area contributed by atoms with Gasteiger partial charge < -0.3 is 9.64 Å². The Kier molecular flexibility index (Phi) is 7.48. The van der Waals surface area contributed by atoms with Gasteiger partial charge in [0.1, 0.15) is 11.5 Å². The molecule has 0 atom stereocenters. The van der Waals surface area contributed by atoms with E-state index in [1.54, 1.807) is 0 Å². The number of anilines is 3. The molecule has 4 aliphatic rings. The lowest BCUT2D eigenvalue weighted by atomic mass is 9.66. The molecule has 2 aliphatic carbocycles. The van der Waals surface area contributed by atoms with E-state index in [-0.39, 0.29) is 0 Å². The molecule has 0 N–H and O–H groups in total. The molecule has 11 aromatic rings. The zero-order valence-corrected chi connectivity index (χ0v) is 37.2. The molecule has 66 heavy (non-hydrogen) atoms. The fourth-order valence-corrected chi connectivity index (χ4v) is 14.7. The molecule has 1 aromatic heterocycles. The first-order chi connectivity index (χ1) is 32.7. The summed E-state index contributed by atoms with van der Waals surface area (Å²) in [7, 11) is 0. The van der Waals surface area contributed by atoms with Crippen LogP contribution in [0.4, 0.5) is 17.1 Å². The van der Waals surface area contributed by atoms with Gasteiger partial charge in [-0.2, -0.15) is 0 Å². The molecule has 0 saturated carbocycles. The molecule has 308 valence electrons. The van der Waals surface area contributed by atoms with Crippen LogP contribution in [0.5, 0.6) is 11.5 Å². The van der Waals surface area contributed by atoms with Gasteiger partial charge in [-0.15, -0.1) is 11.3 Å². The van der Waals surface area contributed by atoms with Gasteiger partial charge in [0.2, 0.25) is 0 Å². The van der Waals surface area contributed by atoms with Crippen molar-refractivity contribution >= 4 is 60.3 Å². The summed E-state index contributed by atoms with van der Waals surface area (Å²) in [6.45, 7) is 0. The van der Waals surface area contributed by atoms with Gasteiger partial charge >= 0.3 is 0 Å². The molecule has 0 radical (unpaired) electrons. The molecule has 3 heterocycles. The second-order valence-corrected chi connectivity index (χ2v) is 20.0. The summed E-state index contributed by atoms with van der Waals surface area (Å²) in [4.78, 5) is 5.20. The van der Waals surface area contributed by atoms with Crippen molar-refractivity contribution in [2.75, 3.05) is 4.90 Å². The second-order valence-electron chi connectivity index (χ2n) is 17.8. The van der Waals surface area contributed by atoms with Crippen molar-refractivity contribution in [3.05, 3.63) is 269 Å². The molecule has 2 spiro atoms. The number of benzene rings is 10. The van der Waals surface area contributed by atoms with Crippen molar-refractivity contribution in [3.8, 4) is 33.8 Å². The van der Waals surface area contributed by atoms with E-state index in [4.69, 9.17) is 4.74 Å². The second kappa shape index (κ2) is 13.5. The summed E-state index contributed by atoms with van der Waals surface area (Å²) >= 11 is 3.76. The predicted octanol–water partition coefficient (Wildman–Crippen LogP) is 16.8. The van der Waals surface area contributed by atoms with E-state index >= 15 is 0 Å². The number of rotatable bonds is 3. The fraction of sp³-hybridized carbons (Fsp3) is 0.0323. The van der Waals surface area contributed by atoms with Gasteiger partial charge in [-0.25, -0.2) is 0 Å². The van der Waals surface area contributed by atoms with Gasteiger partial charge in [-0.3, -0.25) is 0 Å². The summed E-state index contributed by atoms with van der Waals surface area (Å²) in [5, 5.41) is 2.58. The Hall–Kier alpha value is -7.63. The van der Waals surface area contributed by atoms with Crippen molar-refractivity contribution in [3.63, 3.8) is 0 Å². The SMILES string of the molecule is c1ccc2c(c1)Oc1ccccc1C21c2ccccc2-c2c(N(c3ccc4c(c3)sc3ccccc34)c3cccc4c3-c3ccccc3C43c4ccccc4Sc4ccccc43)cccc21. The Morgan fingerprint density at radius 1 is 0.348 bits per heavy atom. The van der Waals surface area contributed by atoms with E-state index < -0.39 is 10.8 Å². The molecular formula is C62H37NOS2. The number of hydrogen-bond acceptors (Lipinski definition) is 4. The largest absolute Gasteiger partial charge is 0.457 e. The average Bonchev–Trinajstić information content (AvgIpc) is 4.00. The van der Waals surface area contributed by atoms with Crippen molar-refractivity contribution in [1.29, 1.82) is 0 Å². The normalized spacial score (nSPS) is 14.7. The zero-order chi connectivity index (χ0) is 43.1. The molecule has 0 saturated heterocycles. The maximum Gasteiger partial charge on any atom is 0.132 e. The predicted molar refractivity (Wildman–Crippen MR) is 273 cm³/mol. The average molecular weight is 876 g/mol. The Morgan fingerprint density at radius 3 is 1.41 bits per heavy atom. The molecule has 0 unspecified atom stereocenters. The van der Waals surface area contributed by atoms with Crippen LogP contribution < -0.4 is 9.64 Å². The lowest BCUT2D eigenvalue weighted by Gasteiger charge is -2.40. The molecule has 15 rings (SSSR count). The molecule has 10 aromatic carbocycles. The van der Waals surface area contributed by atoms with E-state index in [0.717, 1.165) is 39.7 Å². The van der Waals surface area contributed by atoms with Crippen LogP contribution in [0, 0.1) is 0 Å². The number of para-hydroxylation sites is 2.